The highest BCUT2D eigenvalue weighted by Crippen LogP contribution is 2.20. The Morgan fingerprint density at radius 3 is 2.94 bits per heavy atom. The van der Waals surface area contributed by atoms with Gasteiger partial charge in [0.1, 0.15) is 12.4 Å². The van der Waals surface area contributed by atoms with E-state index in [1.807, 2.05) is 0 Å². The Morgan fingerprint density at radius 1 is 1.39 bits per heavy atom. The molecule has 0 atom stereocenters. The minimum absolute atomic E-state index is 0.270. The van der Waals surface area contributed by atoms with Crippen molar-refractivity contribution in [1.29, 1.82) is 0 Å². The number of imidazole rings is 1. The molecule has 92 valence electrons. The van der Waals surface area contributed by atoms with E-state index in [9.17, 15) is 4.39 Å². The minimum Gasteiger partial charge on any atom is -0.369 e. The predicted octanol–water partition coefficient (Wildman–Crippen LogP) is 1.50. The molecule has 7 heteroatoms. The Hall–Kier alpha value is -2.44. The second-order valence-corrected chi connectivity index (χ2v) is 3.92. The van der Waals surface area contributed by atoms with Crippen LogP contribution in [0.2, 0.25) is 0 Å². The Balaban J connectivity index is 2.10. The van der Waals surface area contributed by atoms with Crippen molar-refractivity contribution in [2.24, 2.45) is 0 Å². The number of rotatable bonds is 2. The normalized spacial score (nSPS) is 11.2. The molecule has 0 radical (unpaired) electrons. The molecule has 18 heavy (non-hydrogen) atoms. The van der Waals surface area contributed by atoms with Gasteiger partial charge in [-0.3, -0.25) is 0 Å². The molecular weight excluding hydrogens is 237 g/mol. The van der Waals surface area contributed by atoms with Crippen molar-refractivity contribution in [3.05, 3.63) is 35.7 Å². The van der Waals surface area contributed by atoms with Gasteiger partial charge in [0, 0.05) is 0 Å². The van der Waals surface area contributed by atoms with Gasteiger partial charge in [0.05, 0.1) is 11.0 Å². The van der Waals surface area contributed by atoms with E-state index in [2.05, 4.69) is 15.1 Å². The van der Waals surface area contributed by atoms with Crippen LogP contribution in [0, 0.1) is 12.7 Å². The molecule has 2 N–H and O–H groups in total. The van der Waals surface area contributed by atoms with Crippen LogP contribution in [-0.2, 0) is 6.54 Å². The predicted molar refractivity (Wildman–Crippen MR) is 62.2 cm³/mol. The van der Waals surface area contributed by atoms with Gasteiger partial charge in [0.25, 0.3) is 0 Å². The molecule has 0 unspecified atom stereocenters. The standard InChI is InChI=1S/C11H10FN5O/c1-6-14-10(18-16-6)5-17-9-4-7(12)2-3-8(9)15-11(17)13/h2-4H,5H2,1H3,(H2,13,15). The first-order valence-corrected chi connectivity index (χ1v) is 5.34. The van der Waals surface area contributed by atoms with E-state index in [1.54, 1.807) is 17.6 Å². The van der Waals surface area contributed by atoms with Crippen LogP contribution in [0.25, 0.3) is 11.0 Å². The third-order valence-corrected chi connectivity index (χ3v) is 2.60. The number of benzene rings is 1. The molecule has 0 aliphatic heterocycles. The minimum atomic E-state index is -0.342. The highest BCUT2D eigenvalue weighted by molar-refractivity contribution is 5.78. The van der Waals surface area contributed by atoms with E-state index < -0.39 is 0 Å². The van der Waals surface area contributed by atoms with Crippen LogP contribution in [0.4, 0.5) is 10.3 Å². The van der Waals surface area contributed by atoms with Gasteiger partial charge in [-0.05, 0) is 25.1 Å². The number of nitrogens with two attached hydrogens (primary N) is 1. The van der Waals surface area contributed by atoms with Gasteiger partial charge in [-0.2, -0.15) is 4.98 Å². The molecule has 2 aromatic heterocycles. The zero-order chi connectivity index (χ0) is 12.7. The lowest BCUT2D eigenvalue weighted by Crippen LogP contribution is -2.05. The number of halogens is 1. The van der Waals surface area contributed by atoms with E-state index in [0.29, 0.717) is 22.7 Å². The van der Waals surface area contributed by atoms with Crippen LogP contribution in [0.3, 0.4) is 0 Å². The average Bonchev–Trinajstić information content (AvgIpc) is 2.86. The Morgan fingerprint density at radius 2 is 2.22 bits per heavy atom. The van der Waals surface area contributed by atoms with Gasteiger partial charge in [0.2, 0.25) is 11.8 Å². The molecule has 2 heterocycles. The summed E-state index contributed by atoms with van der Waals surface area (Å²) in [7, 11) is 0. The molecular formula is C11H10FN5O. The fraction of sp³-hybridized carbons (Fsp3) is 0.182. The highest BCUT2D eigenvalue weighted by Gasteiger charge is 2.12. The maximum absolute atomic E-state index is 13.2. The number of nitrogens with zero attached hydrogens (tertiary/aromatic N) is 4. The van der Waals surface area contributed by atoms with Crippen molar-refractivity contribution in [1.82, 2.24) is 19.7 Å². The van der Waals surface area contributed by atoms with E-state index in [-0.39, 0.29) is 18.3 Å². The van der Waals surface area contributed by atoms with Gasteiger partial charge in [-0.15, -0.1) is 0 Å². The van der Waals surface area contributed by atoms with E-state index >= 15 is 0 Å². The molecule has 1 aromatic carbocycles. The molecule has 0 saturated carbocycles. The molecule has 0 bridgehead atoms. The van der Waals surface area contributed by atoms with Gasteiger partial charge < -0.3 is 14.8 Å². The maximum atomic E-state index is 13.2. The summed E-state index contributed by atoms with van der Waals surface area (Å²) < 4.78 is 19.9. The van der Waals surface area contributed by atoms with Gasteiger partial charge in [0.15, 0.2) is 5.82 Å². The zero-order valence-electron chi connectivity index (χ0n) is 9.59. The van der Waals surface area contributed by atoms with Crippen molar-refractivity contribution in [3.8, 4) is 0 Å². The van der Waals surface area contributed by atoms with Crippen LogP contribution < -0.4 is 5.73 Å². The first-order chi connectivity index (χ1) is 8.63. The Bertz CT molecular complexity index is 717. The number of anilines is 1. The number of fused-ring (bicyclic) bond motifs is 1. The van der Waals surface area contributed by atoms with Gasteiger partial charge in [-0.1, -0.05) is 5.16 Å². The molecule has 0 spiro atoms. The number of aromatic nitrogens is 4. The van der Waals surface area contributed by atoms with Crippen LogP contribution >= 0.6 is 0 Å². The van der Waals surface area contributed by atoms with Crippen molar-refractivity contribution >= 4 is 17.0 Å². The van der Waals surface area contributed by atoms with E-state index in [0.717, 1.165) is 0 Å². The molecule has 0 aliphatic carbocycles. The second-order valence-electron chi connectivity index (χ2n) is 3.92. The third kappa shape index (κ3) is 1.69. The van der Waals surface area contributed by atoms with Crippen molar-refractivity contribution in [2.75, 3.05) is 5.73 Å². The first-order valence-electron chi connectivity index (χ1n) is 5.34. The first kappa shape index (κ1) is 10.7. The summed E-state index contributed by atoms with van der Waals surface area (Å²) >= 11 is 0. The molecule has 0 fully saturated rings. The number of aryl methyl sites for hydroxylation is 1. The van der Waals surface area contributed by atoms with Crippen LogP contribution in [0.15, 0.2) is 22.7 Å². The van der Waals surface area contributed by atoms with Crippen LogP contribution in [0.5, 0.6) is 0 Å². The quantitative estimate of drug-likeness (QED) is 0.741. The highest BCUT2D eigenvalue weighted by atomic mass is 19.1. The summed E-state index contributed by atoms with van der Waals surface area (Å²) in [6.07, 6.45) is 0. The van der Waals surface area contributed by atoms with Gasteiger partial charge >= 0.3 is 0 Å². The molecule has 6 nitrogen and oxygen atoms in total. The van der Waals surface area contributed by atoms with Crippen molar-refractivity contribution < 1.29 is 8.91 Å². The van der Waals surface area contributed by atoms with Crippen LogP contribution in [0.1, 0.15) is 11.7 Å². The fourth-order valence-electron chi connectivity index (χ4n) is 1.82. The summed E-state index contributed by atoms with van der Waals surface area (Å²) in [6, 6.07) is 4.30. The third-order valence-electron chi connectivity index (χ3n) is 2.60. The lowest BCUT2D eigenvalue weighted by Gasteiger charge is -2.02. The molecule has 0 aliphatic rings. The summed E-state index contributed by atoms with van der Waals surface area (Å²) in [5.41, 5.74) is 7.03. The smallest absolute Gasteiger partial charge is 0.246 e. The van der Waals surface area contributed by atoms with E-state index in [1.165, 1.54) is 12.1 Å². The van der Waals surface area contributed by atoms with E-state index in [4.69, 9.17) is 10.3 Å². The van der Waals surface area contributed by atoms with Crippen molar-refractivity contribution in [3.63, 3.8) is 0 Å². The zero-order valence-corrected chi connectivity index (χ0v) is 9.59. The summed E-state index contributed by atoms with van der Waals surface area (Å²) in [5.74, 6) is 0.888. The molecule has 3 aromatic rings. The lowest BCUT2D eigenvalue weighted by molar-refractivity contribution is 0.369. The second kappa shape index (κ2) is 3.80. The summed E-state index contributed by atoms with van der Waals surface area (Å²) in [5, 5.41) is 3.69. The Kier molecular flexibility index (Phi) is 2.26. The summed E-state index contributed by atoms with van der Waals surface area (Å²) in [4.78, 5) is 8.22. The van der Waals surface area contributed by atoms with Crippen LogP contribution in [-0.4, -0.2) is 19.7 Å². The number of hydrogen-bond acceptors (Lipinski definition) is 5. The monoisotopic (exact) mass is 247 g/mol. The number of hydrogen-bond donors (Lipinski definition) is 1. The topological polar surface area (TPSA) is 82.8 Å². The summed E-state index contributed by atoms with van der Waals surface area (Å²) in [6.45, 7) is 1.99. The fourth-order valence-corrected chi connectivity index (χ4v) is 1.82. The molecule has 0 amide bonds. The number of nitrogen functional groups attached to an aromatic ring is 1. The SMILES string of the molecule is Cc1noc(Cn2c(N)nc3ccc(F)cc32)n1. The maximum Gasteiger partial charge on any atom is 0.246 e. The molecule has 3 rings (SSSR count). The Labute approximate surface area is 101 Å². The average molecular weight is 247 g/mol. The van der Waals surface area contributed by atoms with Gasteiger partial charge in [-0.25, -0.2) is 9.37 Å². The lowest BCUT2D eigenvalue weighted by atomic mass is 10.3. The van der Waals surface area contributed by atoms with Crippen molar-refractivity contribution in [2.45, 2.75) is 13.5 Å². The largest absolute Gasteiger partial charge is 0.369 e. The molecule has 0 saturated heterocycles.